The summed E-state index contributed by atoms with van der Waals surface area (Å²) in [5, 5.41) is 0.231. The standard InChI is InChI=1S/C9H9BrN4O2S2/c1-5-12-9(17-13-5)14-18(15,16)6-2-3-7(10)8(11)4-6/h2-4H,11H2,1H3,(H,12,13,14). The van der Waals surface area contributed by atoms with Gasteiger partial charge in [0.1, 0.15) is 5.82 Å². The minimum absolute atomic E-state index is 0.0797. The third-order valence-corrected chi connectivity index (χ3v) is 4.94. The second-order valence-corrected chi connectivity index (χ2v) is 6.72. The van der Waals surface area contributed by atoms with Gasteiger partial charge >= 0.3 is 0 Å². The quantitative estimate of drug-likeness (QED) is 0.826. The van der Waals surface area contributed by atoms with E-state index in [1.165, 1.54) is 12.1 Å². The van der Waals surface area contributed by atoms with Crippen molar-refractivity contribution in [3.8, 4) is 0 Å². The molecule has 0 unspecified atom stereocenters. The molecule has 96 valence electrons. The van der Waals surface area contributed by atoms with Gasteiger partial charge in [0.2, 0.25) is 5.13 Å². The molecule has 2 aromatic rings. The van der Waals surface area contributed by atoms with Crippen molar-refractivity contribution in [3.05, 3.63) is 28.5 Å². The maximum absolute atomic E-state index is 12.0. The number of nitrogens with zero attached hydrogens (tertiary/aromatic N) is 2. The van der Waals surface area contributed by atoms with Crippen LogP contribution in [-0.2, 0) is 10.0 Å². The zero-order valence-electron chi connectivity index (χ0n) is 9.21. The molecule has 1 aromatic carbocycles. The van der Waals surface area contributed by atoms with E-state index in [-0.39, 0.29) is 10.0 Å². The van der Waals surface area contributed by atoms with E-state index in [0.29, 0.717) is 16.0 Å². The zero-order chi connectivity index (χ0) is 13.3. The predicted molar refractivity (Wildman–Crippen MR) is 74.0 cm³/mol. The summed E-state index contributed by atoms with van der Waals surface area (Å²) >= 11 is 4.19. The molecule has 0 amide bonds. The highest BCUT2D eigenvalue weighted by Gasteiger charge is 2.17. The van der Waals surface area contributed by atoms with Gasteiger partial charge in [-0.05, 0) is 41.1 Å². The largest absolute Gasteiger partial charge is 0.398 e. The average Bonchev–Trinajstić information content (AvgIpc) is 2.67. The highest BCUT2D eigenvalue weighted by molar-refractivity contribution is 9.10. The zero-order valence-corrected chi connectivity index (χ0v) is 12.4. The number of halogens is 1. The lowest BCUT2D eigenvalue weighted by atomic mass is 10.3. The monoisotopic (exact) mass is 348 g/mol. The molecule has 9 heteroatoms. The van der Waals surface area contributed by atoms with E-state index in [9.17, 15) is 8.42 Å². The maximum atomic E-state index is 12.0. The third-order valence-electron chi connectivity index (χ3n) is 2.03. The van der Waals surface area contributed by atoms with Crippen LogP contribution in [0.4, 0.5) is 10.8 Å². The van der Waals surface area contributed by atoms with E-state index in [1.54, 1.807) is 13.0 Å². The van der Waals surface area contributed by atoms with Crippen LogP contribution in [0, 0.1) is 6.92 Å². The number of aryl methyl sites for hydroxylation is 1. The van der Waals surface area contributed by atoms with E-state index >= 15 is 0 Å². The van der Waals surface area contributed by atoms with Crippen molar-refractivity contribution in [2.45, 2.75) is 11.8 Å². The molecule has 1 aromatic heterocycles. The molecule has 0 bridgehead atoms. The normalized spacial score (nSPS) is 11.4. The number of rotatable bonds is 3. The summed E-state index contributed by atoms with van der Waals surface area (Å²) in [4.78, 5) is 4.02. The van der Waals surface area contributed by atoms with Gasteiger partial charge in [-0.2, -0.15) is 4.37 Å². The fraction of sp³-hybridized carbons (Fsp3) is 0.111. The molecule has 18 heavy (non-hydrogen) atoms. The molecule has 2 rings (SSSR count). The lowest BCUT2D eigenvalue weighted by Gasteiger charge is -2.06. The number of sulfonamides is 1. The van der Waals surface area contributed by atoms with Gasteiger partial charge in [-0.1, -0.05) is 0 Å². The number of nitrogens with two attached hydrogens (primary N) is 1. The summed E-state index contributed by atoms with van der Waals surface area (Å²) in [6, 6.07) is 4.41. The Balaban J connectivity index is 2.33. The van der Waals surface area contributed by atoms with E-state index in [4.69, 9.17) is 5.73 Å². The summed E-state index contributed by atoms with van der Waals surface area (Å²) in [5.41, 5.74) is 6.00. The van der Waals surface area contributed by atoms with Gasteiger partial charge < -0.3 is 5.73 Å². The minimum atomic E-state index is -3.68. The van der Waals surface area contributed by atoms with E-state index in [1.807, 2.05) is 0 Å². The molecular weight excluding hydrogens is 340 g/mol. The summed E-state index contributed by atoms with van der Waals surface area (Å²) in [6.45, 7) is 1.69. The van der Waals surface area contributed by atoms with Crippen LogP contribution in [0.25, 0.3) is 0 Å². The molecule has 0 saturated carbocycles. The van der Waals surface area contributed by atoms with Crippen molar-refractivity contribution in [1.82, 2.24) is 9.36 Å². The van der Waals surface area contributed by atoms with Gasteiger partial charge in [0.05, 0.1) is 4.90 Å². The number of aromatic nitrogens is 2. The van der Waals surface area contributed by atoms with Gasteiger partial charge in [-0.3, -0.25) is 4.72 Å². The molecule has 1 heterocycles. The summed E-state index contributed by atoms with van der Waals surface area (Å²) in [7, 11) is -3.68. The van der Waals surface area contributed by atoms with Gasteiger partial charge in [0, 0.05) is 21.7 Å². The van der Waals surface area contributed by atoms with E-state index in [0.717, 1.165) is 11.5 Å². The highest BCUT2D eigenvalue weighted by Crippen LogP contribution is 2.24. The molecule has 0 saturated heterocycles. The number of hydrogen-bond acceptors (Lipinski definition) is 6. The molecule has 0 spiro atoms. The first-order valence-corrected chi connectivity index (χ1v) is 7.81. The van der Waals surface area contributed by atoms with Crippen LogP contribution in [0.5, 0.6) is 0 Å². The molecule has 0 aliphatic heterocycles. The maximum Gasteiger partial charge on any atom is 0.263 e. The van der Waals surface area contributed by atoms with Crippen LogP contribution in [0.1, 0.15) is 5.82 Å². The first kappa shape index (κ1) is 13.2. The average molecular weight is 349 g/mol. The first-order valence-electron chi connectivity index (χ1n) is 4.76. The Morgan fingerprint density at radius 2 is 2.17 bits per heavy atom. The Kier molecular flexibility index (Phi) is 3.55. The van der Waals surface area contributed by atoms with E-state index < -0.39 is 10.0 Å². The molecule has 3 N–H and O–H groups in total. The predicted octanol–water partition coefficient (Wildman–Crippen LogP) is 1.99. The molecule has 0 aliphatic carbocycles. The van der Waals surface area contributed by atoms with Gasteiger partial charge in [0.15, 0.2) is 0 Å². The SMILES string of the molecule is Cc1nsc(NS(=O)(=O)c2ccc(Br)c(N)c2)n1. The molecule has 0 radical (unpaired) electrons. The molecular formula is C9H9BrN4O2S2. The van der Waals surface area contributed by atoms with E-state index in [2.05, 4.69) is 30.0 Å². The number of hydrogen-bond donors (Lipinski definition) is 2. The fourth-order valence-electron chi connectivity index (χ4n) is 1.20. The van der Waals surface area contributed by atoms with Crippen LogP contribution in [0.15, 0.2) is 27.6 Å². The number of nitrogens with one attached hydrogen (secondary N) is 1. The van der Waals surface area contributed by atoms with Crippen molar-refractivity contribution in [2.24, 2.45) is 0 Å². The van der Waals surface area contributed by atoms with Crippen molar-refractivity contribution in [1.29, 1.82) is 0 Å². The van der Waals surface area contributed by atoms with Crippen LogP contribution in [-0.4, -0.2) is 17.8 Å². The fourth-order valence-corrected chi connectivity index (χ4v) is 3.28. The van der Waals surface area contributed by atoms with Crippen molar-refractivity contribution in [3.63, 3.8) is 0 Å². The Labute approximate surface area is 117 Å². The Hall–Kier alpha value is -1.19. The summed E-state index contributed by atoms with van der Waals surface area (Å²) < 4.78 is 31.0. The lowest BCUT2D eigenvalue weighted by Crippen LogP contribution is -2.13. The topological polar surface area (TPSA) is 98.0 Å². The summed E-state index contributed by atoms with van der Waals surface area (Å²) in [5.74, 6) is 0.521. The molecule has 6 nitrogen and oxygen atoms in total. The van der Waals surface area contributed by atoms with Crippen LogP contribution in [0.3, 0.4) is 0 Å². The highest BCUT2D eigenvalue weighted by atomic mass is 79.9. The summed E-state index contributed by atoms with van der Waals surface area (Å²) in [6.07, 6.45) is 0. The van der Waals surface area contributed by atoms with Crippen LogP contribution < -0.4 is 10.5 Å². The number of nitrogen functional groups attached to an aromatic ring is 1. The van der Waals surface area contributed by atoms with Crippen molar-refractivity contribution >= 4 is 48.3 Å². The Morgan fingerprint density at radius 3 is 2.72 bits per heavy atom. The number of benzene rings is 1. The van der Waals surface area contributed by atoms with Crippen molar-refractivity contribution < 1.29 is 8.42 Å². The van der Waals surface area contributed by atoms with Gasteiger partial charge in [-0.15, -0.1) is 0 Å². The number of anilines is 2. The second-order valence-electron chi connectivity index (χ2n) is 3.44. The van der Waals surface area contributed by atoms with Crippen LogP contribution >= 0.6 is 27.5 Å². The third kappa shape index (κ3) is 2.79. The van der Waals surface area contributed by atoms with Crippen molar-refractivity contribution in [2.75, 3.05) is 10.5 Å². The van der Waals surface area contributed by atoms with Gasteiger partial charge in [-0.25, -0.2) is 13.4 Å². The molecule has 0 atom stereocenters. The molecule has 0 fully saturated rings. The lowest BCUT2D eigenvalue weighted by molar-refractivity contribution is 0.601. The molecule has 0 aliphatic rings. The Morgan fingerprint density at radius 1 is 1.44 bits per heavy atom. The minimum Gasteiger partial charge on any atom is -0.398 e. The van der Waals surface area contributed by atoms with Crippen LogP contribution in [0.2, 0.25) is 0 Å². The first-order chi connectivity index (χ1) is 8.38. The smallest absolute Gasteiger partial charge is 0.263 e. The van der Waals surface area contributed by atoms with Gasteiger partial charge in [0.25, 0.3) is 10.0 Å². The second kappa shape index (κ2) is 4.82. The Bertz CT molecular complexity index is 684.